The second kappa shape index (κ2) is 5.74. The molecule has 4 heteroatoms. The van der Waals surface area contributed by atoms with E-state index in [9.17, 15) is 4.79 Å². The Morgan fingerprint density at radius 2 is 1.71 bits per heavy atom. The smallest absolute Gasteiger partial charge is 0.255 e. The fraction of sp³-hybridized carbons (Fsp3) is 0.462. The van der Waals surface area contributed by atoms with E-state index in [1.807, 2.05) is 4.90 Å². The van der Waals surface area contributed by atoms with Crippen LogP contribution in [0.4, 0.5) is 0 Å². The molecule has 2 nitrogen and oxygen atoms in total. The first-order chi connectivity index (χ1) is 8.18. The highest BCUT2D eigenvalue weighted by Crippen LogP contribution is 2.23. The van der Waals surface area contributed by atoms with E-state index in [1.165, 1.54) is 12.8 Å². The van der Waals surface area contributed by atoms with E-state index in [4.69, 9.17) is 23.2 Å². The van der Waals surface area contributed by atoms with Gasteiger partial charge in [0.15, 0.2) is 0 Å². The van der Waals surface area contributed by atoms with Crippen molar-refractivity contribution in [2.24, 2.45) is 0 Å². The minimum absolute atomic E-state index is 0.0218. The van der Waals surface area contributed by atoms with E-state index in [0.717, 1.165) is 25.9 Å². The lowest BCUT2D eigenvalue weighted by Gasteiger charge is -2.20. The van der Waals surface area contributed by atoms with Crippen LogP contribution < -0.4 is 0 Å². The Morgan fingerprint density at radius 1 is 1.06 bits per heavy atom. The van der Waals surface area contributed by atoms with Gasteiger partial charge in [0.05, 0.1) is 10.6 Å². The summed E-state index contributed by atoms with van der Waals surface area (Å²) in [5, 5.41) is 0.995. The molecule has 0 spiro atoms. The molecule has 0 aliphatic carbocycles. The number of hydrogen-bond acceptors (Lipinski definition) is 1. The highest BCUT2D eigenvalue weighted by atomic mass is 35.5. The molecule has 0 unspecified atom stereocenters. The van der Waals surface area contributed by atoms with E-state index in [2.05, 4.69) is 0 Å². The van der Waals surface area contributed by atoms with E-state index < -0.39 is 0 Å². The number of rotatable bonds is 1. The normalized spacial score (nSPS) is 16.7. The molecule has 1 aromatic carbocycles. The molecule has 92 valence electrons. The third kappa shape index (κ3) is 3.14. The van der Waals surface area contributed by atoms with Gasteiger partial charge < -0.3 is 4.90 Å². The Labute approximate surface area is 112 Å². The number of carbonyl (C=O) groups is 1. The quantitative estimate of drug-likeness (QED) is 0.756. The van der Waals surface area contributed by atoms with Crippen molar-refractivity contribution in [3.05, 3.63) is 33.8 Å². The summed E-state index contributed by atoms with van der Waals surface area (Å²) in [6.07, 6.45) is 4.57. The van der Waals surface area contributed by atoms with Crippen molar-refractivity contribution < 1.29 is 4.79 Å². The summed E-state index contributed by atoms with van der Waals surface area (Å²) in [6, 6.07) is 5.03. The standard InChI is InChI=1S/C13H15Cl2NO/c14-10-5-6-11(12(15)9-10)13(17)16-7-3-1-2-4-8-16/h5-6,9H,1-4,7-8H2. The van der Waals surface area contributed by atoms with E-state index in [1.54, 1.807) is 18.2 Å². The Kier molecular flexibility index (Phi) is 4.30. The fourth-order valence-corrected chi connectivity index (χ4v) is 2.60. The summed E-state index contributed by atoms with van der Waals surface area (Å²) < 4.78 is 0. The molecular weight excluding hydrogens is 257 g/mol. The second-order valence-electron chi connectivity index (χ2n) is 4.33. The number of amides is 1. The lowest BCUT2D eigenvalue weighted by Crippen LogP contribution is -2.31. The zero-order chi connectivity index (χ0) is 12.3. The lowest BCUT2D eigenvalue weighted by molar-refractivity contribution is 0.0762. The molecule has 0 bridgehead atoms. The van der Waals surface area contributed by atoms with Gasteiger partial charge in [0.2, 0.25) is 0 Å². The van der Waals surface area contributed by atoms with Crippen LogP contribution in [-0.2, 0) is 0 Å². The van der Waals surface area contributed by atoms with Crippen molar-refractivity contribution in [2.75, 3.05) is 13.1 Å². The van der Waals surface area contributed by atoms with E-state index in [0.29, 0.717) is 15.6 Å². The SMILES string of the molecule is O=C(c1ccc(Cl)cc1Cl)N1CCCCCC1. The van der Waals surface area contributed by atoms with Crippen LogP contribution in [0.15, 0.2) is 18.2 Å². The molecule has 0 radical (unpaired) electrons. The molecule has 1 fully saturated rings. The number of likely N-dealkylation sites (tertiary alicyclic amines) is 1. The molecule has 1 amide bonds. The van der Waals surface area contributed by atoms with Gasteiger partial charge in [0.25, 0.3) is 5.91 Å². The van der Waals surface area contributed by atoms with Gasteiger partial charge in [-0.3, -0.25) is 4.79 Å². The Bertz CT molecular complexity index is 412. The number of nitrogens with zero attached hydrogens (tertiary/aromatic N) is 1. The largest absolute Gasteiger partial charge is 0.339 e. The van der Waals surface area contributed by atoms with Crippen LogP contribution in [0.5, 0.6) is 0 Å². The van der Waals surface area contributed by atoms with Gasteiger partial charge in [-0.1, -0.05) is 36.0 Å². The Morgan fingerprint density at radius 3 is 2.29 bits per heavy atom. The fourth-order valence-electron chi connectivity index (χ4n) is 2.11. The minimum Gasteiger partial charge on any atom is -0.339 e. The summed E-state index contributed by atoms with van der Waals surface area (Å²) in [4.78, 5) is 14.2. The zero-order valence-electron chi connectivity index (χ0n) is 9.59. The molecular formula is C13H15Cl2NO. The van der Waals surface area contributed by atoms with Crippen molar-refractivity contribution in [3.63, 3.8) is 0 Å². The molecule has 0 atom stereocenters. The first-order valence-electron chi connectivity index (χ1n) is 5.93. The zero-order valence-corrected chi connectivity index (χ0v) is 11.1. The monoisotopic (exact) mass is 271 g/mol. The first-order valence-corrected chi connectivity index (χ1v) is 6.68. The van der Waals surface area contributed by atoms with Crippen LogP contribution in [0, 0.1) is 0 Å². The Balaban J connectivity index is 2.17. The van der Waals surface area contributed by atoms with Crippen molar-refractivity contribution in [1.29, 1.82) is 0 Å². The van der Waals surface area contributed by atoms with Crippen molar-refractivity contribution in [2.45, 2.75) is 25.7 Å². The van der Waals surface area contributed by atoms with Gasteiger partial charge in [0, 0.05) is 18.1 Å². The predicted octanol–water partition coefficient (Wildman–Crippen LogP) is 4.01. The third-order valence-electron chi connectivity index (χ3n) is 3.05. The van der Waals surface area contributed by atoms with Gasteiger partial charge in [-0.15, -0.1) is 0 Å². The molecule has 0 aromatic heterocycles. The van der Waals surface area contributed by atoms with Crippen LogP contribution >= 0.6 is 23.2 Å². The average Bonchev–Trinajstić information content (AvgIpc) is 2.56. The molecule has 2 rings (SSSR count). The highest BCUT2D eigenvalue weighted by Gasteiger charge is 2.19. The number of hydrogen-bond donors (Lipinski definition) is 0. The van der Waals surface area contributed by atoms with Crippen LogP contribution in [0.2, 0.25) is 10.0 Å². The maximum atomic E-state index is 12.3. The van der Waals surface area contributed by atoms with Crippen molar-refractivity contribution >= 4 is 29.1 Å². The summed E-state index contributed by atoms with van der Waals surface area (Å²) in [6.45, 7) is 1.66. The van der Waals surface area contributed by atoms with E-state index >= 15 is 0 Å². The maximum Gasteiger partial charge on any atom is 0.255 e. The molecule has 1 saturated heterocycles. The Hall–Kier alpha value is -0.730. The third-order valence-corrected chi connectivity index (χ3v) is 3.60. The molecule has 1 heterocycles. The molecule has 17 heavy (non-hydrogen) atoms. The molecule has 0 N–H and O–H groups in total. The van der Waals surface area contributed by atoms with Crippen LogP contribution in [0.25, 0.3) is 0 Å². The summed E-state index contributed by atoms with van der Waals surface area (Å²) in [5.74, 6) is 0.0218. The van der Waals surface area contributed by atoms with Gasteiger partial charge in [-0.25, -0.2) is 0 Å². The first kappa shape index (κ1) is 12.7. The van der Waals surface area contributed by atoms with Crippen LogP contribution in [-0.4, -0.2) is 23.9 Å². The van der Waals surface area contributed by atoms with Crippen LogP contribution in [0.3, 0.4) is 0 Å². The molecule has 1 aromatic rings. The molecule has 1 aliphatic rings. The highest BCUT2D eigenvalue weighted by molar-refractivity contribution is 6.36. The van der Waals surface area contributed by atoms with Gasteiger partial charge in [-0.05, 0) is 31.0 Å². The topological polar surface area (TPSA) is 20.3 Å². The lowest BCUT2D eigenvalue weighted by atomic mass is 10.2. The molecule has 0 saturated carbocycles. The van der Waals surface area contributed by atoms with Crippen LogP contribution in [0.1, 0.15) is 36.0 Å². The summed E-state index contributed by atoms with van der Waals surface area (Å²) >= 11 is 11.9. The number of halogens is 2. The van der Waals surface area contributed by atoms with E-state index in [-0.39, 0.29) is 5.91 Å². The maximum absolute atomic E-state index is 12.3. The summed E-state index contributed by atoms with van der Waals surface area (Å²) in [5.41, 5.74) is 0.554. The number of benzene rings is 1. The van der Waals surface area contributed by atoms with Crippen molar-refractivity contribution in [1.82, 2.24) is 4.90 Å². The number of carbonyl (C=O) groups excluding carboxylic acids is 1. The average molecular weight is 272 g/mol. The van der Waals surface area contributed by atoms with Crippen molar-refractivity contribution in [3.8, 4) is 0 Å². The minimum atomic E-state index is 0.0218. The molecule has 1 aliphatic heterocycles. The second-order valence-corrected chi connectivity index (χ2v) is 5.17. The van der Waals surface area contributed by atoms with Gasteiger partial charge in [0.1, 0.15) is 0 Å². The predicted molar refractivity (Wildman–Crippen MR) is 70.8 cm³/mol. The van der Waals surface area contributed by atoms with Gasteiger partial charge >= 0.3 is 0 Å². The summed E-state index contributed by atoms with van der Waals surface area (Å²) in [7, 11) is 0. The van der Waals surface area contributed by atoms with Gasteiger partial charge in [-0.2, -0.15) is 0 Å².